The van der Waals surface area contributed by atoms with Crippen molar-refractivity contribution in [2.75, 3.05) is 7.11 Å². The van der Waals surface area contributed by atoms with Gasteiger partial charge in [0.2, 0.25) is 0 Å². The topological polar surface area (TPSA) is 39.2 Å². The lowest BCUT2D eigenvalue weighted by Gasteiger charge is -2.15. The van der Waals surface area contributed by atoms with Gasteiger partial charge in [0.1, 0.15) is 10.7 Å². The number of alkyl halides is 5. The average molecular weight is 290 g/mol. The maximum Gasteiger partial charge on any atom is 0.420 e. The third kappa shape index (κ3) is 2.69. The molecule has 3 nitrogen and oxygen atoms in total. The van der Waals surface area contributed by atoms with Gasteiger partial charge in [-0.15, -0.1) is 0 Å². The minimum absolute atomic E-state index is 0.411. The molecule has 18 heavy (non-hydrogen) atoms. The Hall–Kier alpha value is -1.44. The highest BCUT2D eigenvalue weighted by atomic mass is 35.5. The fraction of sp³-hybridized carbons (Fsp3) is 0.333. The van der Waals surface area contributed by atoms with Gasteiger partial charge in [0, 0.05) is 6.20 Å². The first-order chi connectivity index (χ1) is 8.20. The van der Waals surface area contributed by atoms with Crippen LogP contribution in [0.3, 0.4) is 0 Å². The van der Waals surface area contributed by atoms with Crippen LogP contribution in [0.5, 0.6) is 0 Å². The van der Waals surface area contributed by atoms with E-state index in [-0.39, 0.29) is 0 Å². The molecule has 0 aliphatic carbocycles. The molecule has 0 fully saturated rings. The fourth-order valence-corrected chi connectivity index (χ4v) is 1.50. The van der Waals surface area contributed by atoms with Gasteiger partial charge in [-0.05, 0) is 0 Å². The van der Waals surface area contributed by atoms with Crippen LogP contribution in [0.4, 0.5) is 22.0 Å². The van der Waals surface area contributed by atoms with Crippen molar-refractivity contribution in [2.24, 2.45) is 0 Å². The predicted octanol–water partition coefficient (Wildman–Crippen LogP) is 3.48. The zero-order valence-corrected chi connectivity index (χ0v) is 9.44. The number of carbonyl (C=O) groups excluding carboxylic acids is 1. The van der Waals surface area contributed by atoms with Crippen molar-refractivity contribution >= 4 is 17.6 Å². The Kier molecular flexibility index (Phi) is 4.10. The standard InChI is InChI=1S/C9H5ClF5NO2/c1-18-8(17)4-3(7(11)12)2-16-6(10)5(4)9(13,14)15/h2,7H,1H3. The van der Waals surface area contributed by atoms with E-state index in [0.717, 1.165) is 7.11 Å². The van der Waals surface area contributed by atoms with E-state index in [4.69, 9.17) is 11.6 Å². The molecule has 0 unspecified atom stereocenters. The molecule has 0 aliphatic rings. The van der Waals surface area contributed by atoms with Gasteiger partial charge in [-0.1, -0.05) is 11.6 Å². The first-order valence-electron chi connectivity index (χ1n) is 4.32. The van der Waals surface area contributed by atoms with E-state index in [1.54, 1.807) is 0 Å². The van der Waals surface area contributed by atoms with Crippen LogP contribution in [-0.4, -0.2) is 18.1 Å². The van der Waals surface area contributed by atoms with Gasteiger partial charge in [0.25, 0.3) is 6.43 Å². The second-order valence-corrected chi connectivity index (χ2v) is 3.40. The number of esters is 1. The second kappa shape index (κ2) is 5.05. The SMILES string of the molecule is COC(=O)c1c(C(F)F)cnc(Cl)c1C(F)(F)F. The summed E-state index contributed by atoms with van der Waals surface area (Å²) in [6, 6.07) is 0. The number of hydrogen-bond acceptors (Lipinski definition) is 3. The number of rotatable bonds is 2. The summed E-state index contributed by atoms with van der Waals surface area (Å²) in [4.78, 5) is 14.2. The molecule has 0 saturated carbocycles. The van der Waals surface area contributed by atoms with Gasteiger partial charge < -0.3 is 4.74 Å². The van der Waals surface area contributed by atoms with Gasteiger partial charge in [-0.25, -0.2) is 18.6 Å². The molecule has 0 spiro atoms. The van der Waals surface area contributed by atoms with Crippen molar-refractivity contribution in [2.45, 2.75) is 12.6 Å². The minimum Gasteiger partial charge on any atom is -0.465 e. The molecule has 0 aliphatic heterocycles. The van der Waals surface area contributed by atoms with E-state index in [9.17, 15) is 26.7 Å². The largest absolute Gasteiger partial charge is 0.465 e. The Balaban J connectivity index is 3.67. The van der Waals surface area contributed by atoms with Crippen molar-refractivity contribution in [1.29, 1.82) is 0 Å². The normalized spacial score (nSPS) is 11.8. The molecular weight excluding hydrogens is 285 g/mol. The zero-order valence-electron chi connectivity index (χ0n) is 8.69. The summed E-state index contributed by atoms with van der Waals surface area (Å²) < 4.78 is 67.2. The van der Waals surface area contributed by atoms with Crippen molar-refractivity contribution < 1.29 is 31.5 Å². The fourth-order valence-electron chi connectivity index (χ4n) is 1.25. The number of hydrogen-bond donors (Lipinski definition) is 0. The molecule has 9 heteroatoms. The number of aromatic nitrogens is 1. The highest BCUT2D eigenvalue weighted by molar-refractivity contribution is 6.30. The van der Waals surface area contributed by atoms with Crippen LogP contribution < -0.4 is 0 Å². The Morgan fingerprint density at radius 2 is 2.00 bits per heavy atom. The molecular formula is C9H5ClF5NO2. The van der Waals surface area contributed by atoms with Crippen LogP contribution in [0.1, 0.15) is 27.9 Å². The summed E-state index contributed by atoms with van der Waals surface area (Å²) in [6.07, 6.45) is -8.00. The summed E-state index contributed by atoms with van der Waals surface area (Å²) in [5, 5.41) is -1.09. The Morgan fingerprint density at radius 1 is 1.44 bits per heavy atom. The molecule has 1 aromatic rings. The van der Waals surface area contributed by atoms with E-state index >= 15 is 0 Å². The highest BCUT2D eigenvalue weighted by Crippen LogP contribution is 2.39. The second-order valence-electron chi connectivity index (χ2n) is 3.04. The molecule has 1 aromatic heterocycles. The monoisotopic (exact) mass is 289 g/mol. The quantitative estimate of drug-likeness (QED) is 0.475. The van der Waals surface area contributed by atoms with Crippen LogP contribution in [0.15, 0.2) is 6.20 Å². The average Bonchev–Trinajstić information content (AvgIpc) is 2.25. The summed E-state index contributed by atoms with van der Waals surface area (Å²) in [5.74, 6) is -1.55. The van der Waals surface area contributed by atoms with E-state index in [0.29, 0.717) is 6.20 Å². The Labute approximate surface area is 103 Å². The third-order valence-corrected chi connectivity index (χ3v) is 2.26. The molecule has 0 radical (unpaired) electrons. The molecule has 0 N–H and O–H groups in total. The molecule has 0 atom stereocenters. The van der Waals surface area contributed by atoms with Crippen LogP contribution in [0.25, 0.3) is 0 Å². The van der Waals surface area contributed by atoms with Gasteiger partial charge in [0.15, 0.2) is 0 Å². The first-order valence-corrected chi connectivity index (χ1v) is 4.70. The molecule has 0 aromatic carbocycles. The Bertz CT molecular complexity index is 475. The van der Waals surface area contributed by atoms with Crippen LogP contribution in [0.2, 0.25) is 5.15 Å². The summed E-state index contributed by atoms with van der Waals surface area (Å²) in [5.41, 5.74) is -4.23. The van der Waals surface area contributed by atoms with Crippen LogP contribution >= 0.6 is 11.6 Å². The van der Waals surface area contributed by atoms with Gasteiger partial charge in [-0.2, -0.15) is 13.2 Å². The lowest BCUT2D eigenvalue weighted by molar-refractivity contribution is -0.138. The van der Waals surface area contributed by atoms with Crippen molar-refractivity contribution in [3.63, 3.8) is 0 Å². The van der Waals surface area contributed by atoms with Crippen LogP contribution in [0, 0.1) is 0 Å². The Morgan fingerprint density at radius 3 is 2.39 bits per heavy atom. The third-order valence-electron chi connectivity index (χ3n) is 1.97. The smallest absolute Gasteiger partial charge is 0.420 e. The van der Waals surface area contributed by atoms with Crippen molar-refractivity contribution in [1.82, 2.24) is 4.98 Å². The van der Waals surface area contributed by atoms with Crippen LogP contribution in [-0.2, 0) is 10.9 Å². The number of carbonyl (C=O) groups is 1. The molecule has 0 saturated heterocycles. The predicted molar refractivity (Wildman–Crippen MR) is 50.5 cm³/mol. The lowest BCUT2D eigenvalue weighted by atomic mass is 10.0. The van der Waals surface area contributed by atoms with Crippen molar-refractivity contribution in [3.05, 3.63) is 28.0 Å². The number of halogens is 6. The number of ether oxygens (including phenoxy) is 1. The maximum atomic E-state index is 12.7. The molecule has 1 heterocycles. The summed E-state index contributed by atoms with van der Waals surface area (Å²) in [6.45, 7) is 0. The zero-order chi connectivity index (χ0) is 14.1. The van der Waals surface area contributed by atoms with E-state index in [2.05, 4.69) is 9.72 Å². The highest BCUT2D eigenvalue weighted by Gasteiger charge is 2.41. The van der Waals surface area contributed by atoms with E-state index in [1.807, 2.05) is 0 Å². The summed E-state index contributed by atoms with van der Waals surface area (Å²) in [7, 11) is 0.770. The molecule has 1 rings (SSSR count). The number of nitrogens with zero attached hydrogens (tertiary/aromatic N) is 1. The number of pyridine rings is 1. The maximum absolute atomic E-state index is 12.7. The molecule has 100 valence electrons. The number of methoxy groups -OCH3 is 1. The van der Waals surface area contributed by atoms with E-state index in [1.165, 1.54) is 0 Å². The first kappa shape index (κ1) is 14.6. The van der Waals surface area contributed by atoms with E-state index < -0.39 is 40.4 Å². The summed E-state index contributed by atoms with van der Waals surface area (Å²) >= 11 is 5.21. The molecule has 0 bridgehead atoms. The van der Waals surface area contributed by atoms with Gasteiger partial charge in [-0.3, -0.25) is 0 Å². The van der Waals surface area contributed by atoms with Crippen molar-refractivity contribution in [3.8, 4) is 0 Å². The van der Waals surface area contributed by atoms with Gasteiger partial charge in [0.05, 0.1) is 18.2 Å². The minimum atomic E-state index is -5.10. The lowest BCUT2D eigenvalue weighted by Crippen LogP contribution is -2.18. The molecule has 0 amide bonds. The van der Waals surface area contributed by atoms with Gasteiger partial charge >= 0.3 is 12.1 Å².